The number of hydrogen-bond acceptors (Lipinski definition) is 6. The van der Waals surface area contributed by atoms with Crippen LogP contribution in [0.3, 0.4) is 0 Å². The minimum absolute atomic E-state index is 0.328. The highest BCUT2D eigenvalue weighted by Gasteiger charge is 2.26. The molecule has 0 bridgehead atoms. The molecule has 7 nitrogen and oxygen atoms in total. The van der Waals surface area contributed by atoms with Gasteiger partial charge in [0, 0.05) is 25.2 Å². The fourth-order valence-electron chi connectivity index (χ4n) is 4.57. The molecule has 34 heavy (non-hydrogen) atoms. The zero-order valence-corrected chi connectivity index (χ0v) is 20.1. The van der Waals surface area contributed by atoms with Crippen molar-refractivity contribution in [3.63, 3.8) is 0 Å². The third-order valence-electron chi connectivity index (χ3n) is 6.56. The van der Waals surface area contributed by atoms with Crippen LogP contribution >= 0.6 is 0 Å². The summed E-state index contributed by atoms with van der Waals surface area (Å²) < 4.78 is 32.2. The van der Waals surface area contributed by atoms with Gasteiger partial charge in [0.25, 0.3) is 0 Å². The van der Waals surface area contributed by atoms with Crippen LogP contribution in [0.1, 0.15) is 29.5 Å². The summed E-state index contributed by atoms with van der Waals surface area (Å²) in [5.41, 5.74) is 5.97. The fraction of sp³-hybridized carbons (Fsp3) is 0.385. The standard InChI is InChI=1S/C26H30N4O3S/c31-34(32,30-15-17-33-18-16-30)24-9-5-20(6-10-24)13-14-27-26-12-11-25(28-29-26)23-8-7-21-3-1-2-4-22(21)19-23/h5-12,19H,1-4,13-18H2,(H,27,29). The number of nitrogens with one attached hydrogen (secondary N) is 1. The van der Waals surface area contributed by atoms with Crippen molar-refractivity contribution in [1.29, 1.82) is 0 Å². The number of hydrogen-bond donors (Lipinski definition) is 1. The summed E-state index contributed by atoms with van der Waals surface area (Å²) in [4.78, 5) is 0.328. The smallest absolute Gasteiger partial charge is 0.243 e. The zero-order chi connectivity index (χ0) is 23.4. The van der Waals surface area contributed by atoms with Crippen LogP contribution < -0.4 is 5.32 Å². The second-order valence-corrected chi connectivity index (χ2v) is 10.8. The molecule has 0 radical (unpaired) electrons. The summed E-state index contributed by atoms with van der Waals surface area (Å²) in [6.07, 6.45) is 5.63. The van der Waals surface area contributed by atoms with E-state index in [0.29, 0.717) is 37.7 Å². The Morgan fingerprint density at radius 2 is 1.65 bits per heavy atom. The molecule has 3 aromatic rings. The second-order valence-electron chi connectivity index (χ2n) is 8.83. The summed E-state index contributed by atoms with van der Waals surface area (Å²) in [6, 6.07) is 17.7. The van der Waals surface area contributed by atoms with Crippen molar-refractivity contribution >= 4 is 15.8 Å². The molecule has 0 amide bonds. The van der Waals surface area contributed by atoms with Crippen LogP contribution in [-0.2, 0) is 34.0 Å². The van der Waals surface area contributed by atoms with Gasteiger partial charge in [-0.15, -0.1) is 10.2 Å². The first kappa shape index (κ1) is 23.0. The van der Waals surface area contributed by atoms with Crippen molar-refractivity contribution < 1.29 is 13.2 Å². The Balaban J connectivity index is 1.15. The van der Waals surface area contributed by atoms with Crippen molar-refractivity contribution in [2.24, 2.45) is 0 Å². The summed E-state index contributed by atoms with van der Waals surface area (Å²) in [7, 11) is -3.46. The van der Waals surface area contributed by atoms with Crippen LogP contribution in [0.5, 0.6) is 0 Å². The number of nitrogens with zero attached hydrogens (tertiary/aromatic N) is 3. The Hall–Kier alpha value is -2.81. The molecular weight excluding hydrogens is 448 g/mol. The molecule has 2 aromatic carbocycles. The number of morpholine rings is 1. The van der Waals surface area contributed by atoms with E-state index in [1.807, 2.05) is 24.3 Å². The first-order valence-corrected chi connectivity index (χ1v) is 13.4. The highest BCUT2D eigenvalue weighted by atomic mass is 32.2. The van der Waals surface area contributed by atoms with Crippen LogP contribution in [-0.4, -0.2) is 55.8 Å². The monoisotopic (exact) mass is 478 g/mol. The quantitative estimate of drug-likeness (QED) is 0.558. The van der Waals surface area contributed by atoms with Gasteiger partial charge in [-0.1, -0.05) is 24.3 Å². The highest BCUT2D eigenvalue weighted by Crippen LogP contribution is 2.26. The highest BCUT2D eigenvalue weighted by molar-refractivity contribution is 7.89. The average molecular weight is 479 g/mol. The molecule has 1 aliphatic heterocycles. The molecule has 0 unspecified atom stereocenters. The molecular formula is C26H30N4O3S. The molecule has 0 saturated carbocycles. The number of benzene rings is 2. The Labute approximate surface area is 201 Å². The first-order chi connectivity index (χ1) is 16.6. The minimum atomic E-state index is -3.46. The van der Waals surface area contributed by atoms with E-state index in [1.54, 1.807) is 12.1 Å². The van der Waals surface area contributed by atoms with E-state index in [2.05, 4.69) is 33.7 Å². The van der Waals surface area contributed by atoms with Gasteiger partial charge in [0.05, 0.1) is 23.8 Å². The van der Waals surface area contributed by atoms with Crippen LogP contribution in [0.2, 0.25) is 0 Å². The summed E-state index contributed by atoms with van der Waals surface area (Å²) in [6.45, 7) is 2.38. The zero-order valence-electron chi connectivity index (χ0n) is 19.2. The topological polar surface area (TPSA) is 84.4 Å². The van der Waals surface area contributed by atoms with Gasteiger partial charge in [0.2, 0.25) is 10.0 Å². The summed E-state index contributed by atoms with van der Waals surface area (Å²) >= 11 is 0. The molecule has 2 aliphatic rings. The Morgan fingerprint density at radius 1 is 0.882 bits per heavy atom. The van der Waals surface area contributed by atoms with Gasteiger partial charge >= 0.3 is 0 Å². The largest absolute Gasteiger partial charge is 0.379 e. The SMILES string of the molecule is O=S(=O)(c1ccc(CCNc2ccc(-c3ccc4c(c3)CCCC4)nn2)cc1)N1CCOCC1. The predicted octanol–water partition coefficient (Wildman–Crippen LogP) is 3.70. The second kappa shape index (κ2) is 10.2. The van der Waals surface area contributed by atoms with Gasteiger partial charge in [-0.2, -0.15) is 4.31 Å². The molecule has 1 aliphatic carbocycles. The molecule has 0 spiro atoms. The maximum absolute atomic E-state index is 12.7. The molecule has 1 saturated heterocycles. The van der Waals surface area contributed by atoms with E-state index in [4.69, 9.17) is 4.74 Å². The van der Waals surface area contributed by atoms with Crippen LogP contribution in [0.25, 0.3) is 11.3 Å². The number of aromatic nitrogens is 2. The lowest BCUT2D eigenvalue weighted by molar-refractivity contribution is 0.0730. The van der Waals surface area contributed by atoms with Crippen molar-refractivity contribution in [2.75, 3.05) is 38.2 Å². The fourth-order valence-corrected chi connectivity index (χ4v) is 5.98. The van der Waals surface area contributed by atoms with Crippen LogP contribution in [0.4, 0.5) is 5.82 Å². The Bertz CT molecular complexity index is 1220. The number of anilines is 1. The molecule has 5 rings (SSSR count). The number of aryl methyl sites for hydroxylation is 2. The molecule has 1 N–H and O–H groups in total. The van der Waals surface area contributed by atoms with Gasteiger partial charge < -0.3 is 10.1 Å². The molecule has 2 heterocycles. The summed E-state index contributed by atoms with van der Waals surface area (Å²) in [5, 5.41) is 12.1. The van der Waals surface area contributed by atoms with Crippen LogP contribution in [0, 0.1) is 0 Å². The Morgan fingerprint density at radius 3 is 2.38 bits per heavy atom. The lowest BCUT2D eigenvalue weighted by Gasteiger charge is -2.26. The van der Waals surface area contributed by atoms with Gasteiger partial charge in [0.15, 0.2) is 0 Å². The number of rotatable bonds is 7. The average Bonchev–Trinajstić information content (AvgIpc) is 2.90. The van der Waals surface area contributed by atoms with E-state index in [9.17, 15) is 8.42 Å². The molecule has 178 valence electrons. The minimum Gasteiger partial charge on any atom is -0.379 e. The molecule has 1 aromatic heterocycles. The van der Waals surface area contributed by atoms with Crippen molar-refractivity contribution in [2.45, 2.75) is 37.0 Å². The van der Waals surface area contributed by atoms with E-state index >= 15 is 0 Å². The van der Waals surface area contributed by atoms with E-state index in [1.165, 1.54) is 34.7 Å². The van der Waals surface area contributed by atoms with E-state index < -0.39 is 10.0 Å². The Kier molecular flexibility index (Phi) is 6.89. The lowest BCUT2D eigenvalue weighted by Crippen LogP contribution is -2.40. The summed E-state index contributed by atoms with van der Waals surface area (Å²) in [5.74, 6) is 0.730. The maximum Gasteiger partial charge on any atom is 0.243 e. The number of sulfonamides is 1. The third kappa shape index (κ3) is 5.14. The van der Waals surface area contributed by atoms with Crippen molar-refractivity contribution in [3.05, 3.63) is 71.3 Å². The van der Waals surface area contributed by atoms with Gasteiger partial charge in [-0.05, 0) is 79.1 Å². The molecule has 8 heteroatoms. The van der Waals surface area contributed by atoms with Crippen molar-refractivity contribution in [1.82, 2.24) is 14.5 Å². The van der Waals surface area contributed by atoms with E-state index in [0.717, 1.165) is 35.5 Å². The lowest BCUT2D eigenvalue weighted by atomic mass is 9.90. The molecule has 0 atom stereocenters. The molecule has 1 fully saturated rings. The van der Waals surface area contributed by atoms with E-state index in [-0.39, 0.29) is 0 Å². The number of fused-ring (bicyclic) bond motifs is 1. The van der Waals surface area contributed by atoms with Gasteiger partial charge in [0.1, 0.15) is 5.82 Å². The van der Waals surface area contributed by atoms with Gasteiger partial charge in [-0.25, -0.2) is 8.42 Å². The van der Waals surface area contributed by atoms with Gasteiger partial charge in [-0.3, -0.25) is 0 Å². The first-order valence-electron chi connectivity index (χ1n) is 12.0. The number of ether oxygens (including phenoxy) is 1. The normalized spacial score (nSPS) is 16.7. The third-order valence-corrected chi connectivity index (χ3v) is 8.47. The van der Waals surface area contributed by atoms with Crippen LogP contribution in [0.15, 0.2) is 59.5 Å². The predicted molar refractivity (Wildman–Crippen MR) is 132 cm³/mol. The van der Waals surface area contributed by atoms with Crippen molar-refractivity contribution in [3.8, 4) is 11.3 Å². The maximum atomic E-state index is 12.7.